The van der Waals surface area contributed by atoms with E-state index < -0.39 is 5.97 Å². The van der Waals surface area contributed by atoms with E-state index in [-0.39, 0.29) is 18.4 Å². The van der Waals surface area contributed by atoms with Crippen LogP contribution in [0.5, 0.6) is 0 Å². The van der Waals surface area contributed by atoms with Gasteiger partial charge in [0.15, 0.2) is 0 Å². The molecule has 98 valence electrons. The Balaban J connectivity index is 2.49. The summed E-state index contributed by atoms with van der Waals surface area (Å²) in [5.41, 5.74) is 0.735. The van der Waals surface area contributed by atoms with Crippen LogP contribution in [0, 0.1) is 6.92 Å². The van der Waals surface area contributed by atoms with Gasteiger partial charge in [0.2, 0.25) is 5.91 Å². The van der Waals surface area contributed by atoms with E-state index in [9.17, 15) is 9.59 Å². The molecule has 0 saturated carbocycles. The molecule has 0 saturated heterocycles. The molecule has 1 rings (SSSR count). The van der Waals surface area contributed by atoms with Gasteiger partial charge in [-0.15, -0.1) is 11.3 Å². The van der Waals surface area contributed by atoms with Gasteiger partial charge in [-0.25, -0.2) is 4.98 Å². The molecule has 1 atom stereocenters. The number of thiazole rings is 1. The van der Waals surface area contributed by atoms with Crippen molar-refractivity contribution in [2.75, 3.05) is 0 Å². The molecule has 1 aromatic heterocycles. The molecule has 1 amide bonds. The molecule has 0 spiro atoms. The van der Waals surface area contributed by atoms with Crippen molar-refractivity contribution in [3.05, 3.63) is 22.2 Å². The third-order valence-corrected chi connectivity index (χ3v) is 3.09. The van der Waals surface area contributed by atoms with Crippen molar-refractivity contribution in [3.8, 4) is 0 Å². The monoisotopic (exact) mass is 268 g/mol. The van der Waals surface area contributed by atoms with Gasteiger partial charge in [-0.05, 0) is 19.4 Å². The number of aryl methyl sites for hydroxylation is 1. The lowest BCUT2D eigenvalue weighted by atomic mass is 10.1. The molecule has 0 radical (unpaired) electrons. The first kappa shape index (κ1) is 14.4. The van der Waals surface area contributed by atoms with Crippen LogP contribution >= 0.6 is 11.3 Å². The molecule has 0 aliphatic rings. The minimum absolute atomic E-state index is 0.0636. The Hall–Kier alpha value is -1.69. The summed E-state index contributed by atoms with van der Waals surface area (Å²) in [6, 6.07) is -0.336. The van der Waals surface area contributed by atoms with Gasteiger partial charge >= 0.3 is 5.97 Å². The van der Waals surface area contributed by atoms with Gasteiger partial charge in [-0.2, -0.15) is 0 Å². The van der Waals surface area contributed by atoms with Crippen molar-refractivity contribution >= 4 is 29.3 Å². The minimum Gasteiger partial charge on any atom is -0.481 e. The van der Waals surface area contributed by atoms with Crippen LogP contribution in [-0.4, -0.2) is 28.0 Å². The Morgan fingerprint density at radius 3 is 2.83 bits per heavy atom. The number of aliphatic carboxylic acids is 1. The van der Waals surface area contributed by atoms with E-state index >= 15 is 0 Å². The maximum atomic E-state index is 11.6. The smallest absolute Gasteiger partial charge is 0.305 e. The first-order valence-corrected chi connectivity index (χ1v) is 6.51. The fourth-order valence-electron chi connectivity index (χ4n) is 1.38. The van der Waals surface area contributed by atoms with Crippen LogP contribution in [-0.2, 0) is 9.59 Å². The number of nitrogens with zero attached hydrogens (tertiary/aromatic N) is 1. The first-order valence-electron chi connectivity index (χ1n) is 5.63. The standard InChI is InChI=1S/C12H16N2O3S/c1-3-9(6-12(16)17)14-11(15)5-4-10-7-18-8(2)13-10/h4-5,7,9H,3,6H2,1-2H3,(H,14,15)(H,16,17)/b5-4+. The van der Waals surface area contributed by atoms with Crippen molar-refractivity contribution in [3.63, 3.8) is 0 Å². The number of rotatable bonds is 6. The fraction of sp³-hybridized carbons (Fsp3) is 0.417. The summed E-state index contributed by atoms with van der Waals surface area (Å²) in [6.45, 7) is 3.73. The van der Waals surface area contributed by atoms with Gasteiger partial charge in [0, 0.05) is 17.5 Å². The molecule has 1 heterocycles. The number of aromatic nitrogens is 1. The summed E-state index contributed by atoms with van der Waals surface area (Å²) >= 11 is 1.51. The highest BCUT2D eigenvalue weighted by molar-refractivity contribution is 7.09. The summed E-state index contributed by atoms with van der Waals surface area (Å²) in [5, 5.41) is 14.1. The van der Waals surface area contributed by atoms with E-state index in [1.807, 2.05) is 19.2 Å². The van der Waals surface area contributed by atoms with Crippen LogP contribution in [0.15, 0.2) is 11.5 Å². The van der Waals surface area contributed by atoms with Gasteiger partial charge in [0.1, 0.15) is 0 Å². The molecule has 18 heavy (non-hydrogen) atoms. The Morgan fingerprint density at radius 2 is 2.33 bits per heavy atom. The molecule has 2 N–H and O–H groups in total. The molecule has 6 heteroatoms. The maximum absolute atomic E-state index is 11.6. The molecule has 0 fully saturated rings. The highest BCUT2D eigenvalue weighted by atomic mass is 32.1. The lowest BCUT2D eigenvalue weighted by Crippen LogP contribution is -2.34. The van der Waals surface area contributed by atoms with Gasteiger partial charge < -0.3 is 10.4 Å². The Labute approximate surface area is 110 Å². The van der Waals surface area contributed by atoms with Crippen LogP contribution in [0.25, 0.3) is 6.08 Å². The average Bonchev–Trinajstić information content (AvgIpc) is 2.71. The second-order valence-corrected chi connectivity index (χ2v) is 4.90. The molecule has 1 aromatic rings. The van der Waals surface area contributed by atoms with Crippen molar-refractivity contribution in [1.29, 1.82) is 0 Å². The molecule has 1 unspecified atom stereocenters. The van der Waals surface area contributed by atoms with Crippen molar-refractivity contribution < 1.29 is 14.7 Å². The number of carbonyl (C=O) groups is 2. The van der Waals surface area contributed by atoms with Crippen LogP contribution < -0.4 is 5.32 Å². The number of carboxylic acids is 1. The van der Waals surface area contributed by atoms with E-state index in [0.717, 1.165) is 10.7 Å². The summed E-state index contributed by atoms with van der Waals surface area (Å²) in [6.07, 6.45) is 3.51. The zero-order chi connectivity index (χ0) is 13.5. The van der Waals surface area contributed by atoms with E-state index in [2.05, 4.69) is 10.3 Å². The van der Waals surface area contributed by atoms with Crippen molar-refractivity contribution in [2.45, 2.75) is 32.7 Å². The lowest BCUT2D eigenvalue weighted by Gasteiger charge is -2.12. The second-order valence-electron chi connectivity index (χ2n) is 3.84. The summed E-state index contributed by atoms with van der Waals surface area (Å²) in [4.78, 5) is 26.3. The van der Waals surface area contributed by atoms with Gasteiger partial charge in [-0.1, -0.05) is 6.92 Å². The summed E-state index contributed by atoms with van der Waals surface area (Å²) in [5.74, 6) is -1.21. The normalized spacial score (nSPS) is 12.6. The number of carbonyl (C=O) groups excluding carboxylic acids is 1. The molecule has 0 bridgehead atoms. The van der Waals surface area contributed by atoms with Gasteiger partial charge in [0.25, 0.3) is 0 Å². The second kappa shape index (κ2) is 6.90. The zero-order valence-electron chi connectivity index (χ0n) is 10.3. The van der Waals surface area contributed by atoms with Crippen LogP contribution in [0.3, 0.4) is 0 Å². The van der Waals surface area contributed by atoms with Crippen LogP contribution in [0.2, 0.25) is 0 Å². The third kappa shape index (κ3) is 5.09. The highest BCUT2D eigenvalue weighted by Gasteiger charge is 2.12. The van der Waals surface area contributed by atoms with Crippen molar-refractivity contribution in [2.24, 2.45) is 0 Å². The predicted molar refractivity (Wildman–Crippen MR) is 70.4 cm³/mol. The van der Waals surface area contributed by atoms with E-state index in [4.69, 9.17) is 5.11 Å². The Kier molecular flexibility index (Phi) is 5.51. The SMILES string of the molecule is CCC(CC(=O)O)NC(=O)/C=C/c1csc(C)n1. The number of hydrogen-bond acceptors (Lipinski definition) is 4. The quantitative estimate of drug-likeness (QED) is 0.771. The average molecular weight is 268 g/mol. The minimum atomic E-state index is -0.916. The summed E-state index contributed by atoms with van der Waals surface area (Å²) in [7, 11) is 0. The molecule has 0 aromatic carbocycles. The molecule has 0 aliphatic carbocycles. The predicted octanol–water partition coefficient (Wildman–Crippen LogP) is 1.83. The molecular weight excluding hydrogens is 252 g/mol. The fourth-order valence-corrected chi connectivity index (χ4v) is 1.96. The van der Waals surface area contributed by atoms with Crippen molar-refractivity contribution in [1.82, 2.24) is 10.3 Å². The Bertz CT molecular complexity index is 454. The van der Waals surface area contributed by atoms with E-state index in [1.165, 1.54) is 17.4 Å². The lowest BCUT2D eigenvalue weighted by molar-refractivity contribution is -0.137. The number of hydrogen-bond donors (Lipinski definition) is 2. The topological polar surface area (TPSA) is 79.3 Å². The first-order chi connectivity index (χ1) is 8.51. The highest BCUT2D eigenvalue weighted by Crippen LogP contribution is 2.09. The number of carboxylic acid groups (broad SMARTS) is 1. The van der Waals surface area contributed by atoms with Gasteiger partial charge in [-0.3, -0.25) is 9.59 Å². The third-order valence-electron chi connectivity index (χ3n) is 2.30. The van der Waals surface area contributed by atoms with Gasteiger partial charge in [0.05, 0.1) is 17.1 Å². The molecule has 5 nitrogen and oxygen atoms in total. The molecular formula is C12H16N2O3S. The summed E-state index contributed by atoms with van der Waals surface area (Å²) < 4.78 is 0. The van der Waals surface area contributed by atoms with E-state index in [1.54, 1.807) is 6.08 Å². The molecule has 0 aliphatic heterocycles. The largest absolute Gasteiger partial charge is 0.481 e. The number of amides is 1. The van der Waals surface area contributed by atoms with Crippen LogP contribution in [0.4, 0.5) is 0 Å². The Morgan fingerprint density at radius 1 is 1.61 bits per heavy atom. The van der Waals surface area contributed by atoms with Crippen LogP contribution in [0.1, 0.15) is 30.5 Å². The maximum Gasteiger partial charge on any atom is 0.305 e. The zero-order valence-corrected chi connectivity index (χ0v) is 11.2. The van der Waals surface area contributed by atoms with E-state index in [0.29, 0.717) is 6.42 Å². The number of nitrogens with one attached hydrogen (secondary N) is 1.